The average molecular weight is 310 g/mol. The van der Waals surface area contributed by atoms with E-state index in [2.05, 4.69) is 17.1 Å². The van der Waals surface area contributed by atoms with Crippen LogP contribution in [0.4, 0.5) is 4.39 Å². The zero-order valence-electron chi connectivity index (χ0n) is 12.2. The first-order valence-corrected chi connectivity index (χ1v) is 7.76. The van der Waals surface area contributed by atoms with Gasteiger partial charge in [0.05, 0.1) is 13.7 Å². The molecule has 0 radical (unpaired) electrons. The van der Waals surface area contributed by atoms with E-state index in [0.717, 1.165) is 23.9 Å². The second-order valence-electron chi connectivity index (χ2n) is 4.48. The van der Waals surface area contributed by atoms with E-state index >= 15 is 0 Å². The summed E-state index contributed by atoms with van der Waals surface area (Å²) < 4.78 is 21.1. The van der Waals surface area contributed by atoms with Gasteiger partial charge in [0.25, 0.3) is 0 Å². The number of hydrogen-bond donors (Lipinski definition) is 1. The molecule has 2 rings (SSSR count). The van der Waals surface area contributed by atoms with Gasteiger partial charge in [0, 0.05) is 17.9 Å². The first kappa shape index (κ1) is 15.8. The smallest absolute Gasteiger partial charge is 0.191 e. The summed E-state index contributed by atoms with van der Waals surface area (Å²) in [6.45, 7) is 3.24. The van der Waals surface area contributed by atoms with Gasteiger partial charge in [0.15, 0.2) is 16.7 Å². The highest BCUT2D eigenvalue weighted by Crippen LogP contribution is 2.27. The Hall–Kier alpha value is -1.60. The minimum atomic E-state index is -0.326. The second kappa shape index (κ2) is 7.42. The molecule has 0 spiro atoms. The molecule has 0 saturated carbocycles. The van der Waals surface area contributed by atoms with Crippen LogP contribution in [0.25, 0.3) is 0 Å². The number of hydrogen-bond acceptors (Lipinski definition) is 5. The number of thioether (sulfide) groups is 1. The number of ether oxygens (including phenoxy) is 1. The summed E-state index contributed by atoms with van der Waals surface area (Å²) in [5.74, 6) is 1.15. The van der Waals surface area contributed by atoms with Crippen molar-refractivity contribution < 1.29 is 9.13 Å². The number of halogens is 1. The molecule has 0 bridgehead atoms. The van der Waals surface area contributed by atoms with Crippen molar-refractivity contribution in [3.63, 3.8) is 0 Å². The maximum absolute atomic E-state index is 14.1. The number of aromatic nitrogens is 3. The summed E-state index contributed by atoms with van der Waals surface area (Å²) in [6.07, 6.45) is 0.964. The lowest BCUT2D eigenvalue weighted by Crippen LogP contribution is -2.09. The maximum Gasteiger partial charge on any atom is 0.191 e. The Morgan fingerprint density at radius 2 is 2.19 bits per heavy atom. The van der Waals surface area contributed by atoms with Gasteiger partial charge in [0.1, 0.15) is 5.82 Å². The molecule has 2 N–H and O–H groups in total. The van der Waals surface area contributed by atoms with Gasteiger partial charge in [-0.15, -0.1) is 10.2 Å². The van der Waals surface area contributed by atoms with Crippen LogP contribution in [-0.2, 0) is 18.8 Å². The van der Waals surface area contributed by atoms with Crippen molar-refractivity contribution in [2.75, 3.05) is 7.11 Å². The third kappa shape index (κ3) is 3.54. The quantitative estimate of drug-likeness (QED) is 0.796. The van der Waals surface area contributed by atoms with E-state index in [9.17, 15) is 4.39 Å². The molecule has 0 aliphatic rings. The van der Waals surface area contributed by atoms with Gasteiger partial charge in [-0.25, -0.2) is 4.39 Å². The van der Waals surface area contributed by atoms with Crippen LogP contribution in [0.1, 0.15) is 24.7 Å². The van der Waals surface area contributed by atoms with Gasteiger partial charge in [-0.1, -0.05) is 30.8 Å². The monoisotopic (exact) mass is 310 g/mol. The van der Waals surface area contributed by atoms with Crippen LogP contribution < -0.4 is 10.5 Å². The summed E-state index contributed by atoms with van der Waals surface area (Å²) in [6, 6.07) is 5.13. The molecule has 0 aliphatic carbocycles. The first-order valence-electron chi connectivity index (χ1n) is 6.77. The lowest BCUT2D eigenvalue weighted by atomic mass is 10.2. The van der Waals surface area contributed by atoms with E-state index in [1.807, 2.05) is 4.57 Å². The molecule has 0 atom stereocenters. The van der Waals surface area contributed by atoms with Gasteiger partial charge in [-0.3, -0.25) is 0 Å². The molecule has 0 fully saturated rings. The van der Waals surface area contributed by atoms with Crippen LogP contribution in [-0.4, -0.2) is 21.9 Å². The lowest BCUT2D eigenvalue weighted by Gasteiger charge is -2.09. The number of benzene rings is 1. The SMILES string of the molecule is CCCn1c(CN)nnc1SCc1cccc(OC)c1F. The Labute approximate surface area is 127 Å². The van der Waals surface area contributed by atoms with Crippen molar-refractivity contribution in [2.24, 2.45) is 5.73 Å². The topological polar surface area (TPSA) is 66.0 Å². The largest absolute Gasteiger partial charge is 0.494 e. The van der Waals surface area contributed by atoms with E-state index in [1.165, 1.54) is 18.9 Å². The number of methoxy groups -OCH3 is 1. The molecule has 5 nitrogen and oxygen atoms in total. The van der Waals surface area contributed by atoms with Gasteiger partial charge >= 0.3 is 0 Å². The van der Waals surface area contributed by atoms with Crippen molar-refractivity contribution >= 4 is 11.8 Å². The van der Waals surface area contributed by atoms with Crippen molar-refractivity contribution in [2.45, 2.75) is 37.3 Å². The molecule has 1 aromatic heterocycles. The number of rotatable bonds is 7. The predicted octanol–water partition coefficient (Wildman–Crippen LogP) is 2.59. The fourth-order valence-corrected chi connectivity index (χ4v) is 2.95. The van der Waals surface area contributed by atoms with Crippen molar-refractivity contribution in [3.05, 3.63) is 35.4 Å². The van der Waals surface area contributed by atoms with Gasteiger partial charge in [0.2, 0.25) is 0 Å². The van der Waals surface area contributed by atoms with Gasteiger partial charge < -0.3 is 15.0 Å². The van der Waals surface area contributed by atoms with Crippen molar-refractivity contribution in [1.82, 2.24) is 14.8 Å². The molecule has 0 saturated heterocycles. The zero-order chi connectivity index (χ0) is 15.2. The molecule has 0 aliphatic heterocycles. The zero-order valence-corrected chi connectivity index (χ0v) is 13.0. The molecular formula is C14H19FN4OS. The average Bonchev–Trinajstić information content (AvgIpc) is 2.89. The van der Waals surface area contributed by atoms with Crippen LogP contribution in [0.5, 0.6) is 5.75 Å². The van der Waals surface area contributed by atoms with Gasteiger partial charge in [-0.2, -0.15) is 0 Å². The maximum atomic E-state index is 14.1. The fraction of sp³-hybridized carbons (Fsp3) is 0.429. The van der Waals surface area contributed by atoms with E-state index in [4.69, 9.17) is 10.5 Å². The van der Waals surface area contributed by atoms with Crippen molar-refractivity contribution in [3.8, 4) is 5.75 Å². The van der Waals surface area contributed by atoms with Crippen LogP contribution in [0.3, 0.4) is 0 Å². The Balaban J connectivity index is 2.15. The normalized spacial score (nSPS) is 10.9. The van der Waals surface area contributed by atoms with Crippen LogP contribution in [0, 0.1) is 5.82 Å². The second-order valence-corrected chi connectivity index (χ2v) is 5.42. The minimum Gasteiger partial charge on any atom is -0.494 e. The summed E-state index contributed by atoms with van der Waals surface area (Å²) in [5, 5.41) is 8.97. The summed E-state index contributed by atoms with van der Waals surface area (Å²) in [5.41, 5.74) is 6.24. The Morgan fingerprint density at radius 3 is 2.86 bits per heavy atom. The highest BCUT2D eigenvalue weighted by molar-refractivity contribution is 7.98. The van der Waals surface area contributed by atoms with Crippen LogP contribution in [0.2, 0.25) is 0 Å². The van der Waals surface area contributed by atoms with E-state index in [0.29, 0.717) is 17.9 Å². The third-order valence-corrected chi connectivity index (χ3v) is 4.06. The lowest BCUT2D eigenvalue weighted by molar-refractivity contribution is 0.385. The van der Waals surface area contributed by atoms with Crippen LogP contribution >= 0.6 is 11.8 Å². The molecule has 0 amide bonds. The first-order chi connectivity index (χ1) is 10.2. The Morgan fingerprint density at radius 1 is 1.38 bits per heavy atom. The Bertz CT molecular complexity index is 603. The summed E-state index contributed by atoms with van der Waals surface area (Å²) in [4.78, 5) is 0. The molecule has 0 unspecified atom stereocenters. The molecule has 7 heteroatoms. The van der Waals surface area contributed by atoms with Crippen molar-refractivity contribution in [1.29, 1.82) is 0 Å². The molecule has 114 valence electrons. The Kier molecular flexibility index (Phi) is 5.58. The fourth-order valence-electron chi connectivity index (χ4n) is 1.99. The molecule has 21 heavy (non-hydrogen) atoms. The van der Waals surface area contributed by atoms with Gasteiger partial charge in [-0.05, 0) is 12.5 Å². The third-order valence-electron chi connectivity index (χ3n) is 3.04. The highest BCUT2D eigenvalue weighted by Gasteiger charge is 2.13. The van der Waals surface area contributed by atoms with E-state index in [-0.39, 0.29) is 11.6 Å². The minimum absolute atomic E-state index is 0.255. The summed E-state index contributed by atoms with van der Waals surface area (Å²) >= 11 is 1.45. The summed E-state index contributed by atoms with van der Waals surface area (Å²) in [7, 11) is 1.46. The molecule has 2 aromatic rings. The predicted molar refractivity (Wildman–Crippen MR) is 80.7 cm³/mol. The van der Waals surface area contributed by atoms with E-state index in [1.54, 1.807) is 18.2 Å². The number of nitrogens with two attached hydrogens (primary N) is 1. The van der Waals surface area contributed by atoms with E-state index < -0.39 is 0 Å². The molecular weight excluding hydrogens is 291 g/mol. The number of nitrogens with zero attached hydrogens (tertiary/aromatic N) is 3. The highest BCUT2D eigenvalue weighted by atomic mass is 32.2. The molecule has 1 aromatic carbocycles. The molecule has 1 heterocycles. The standard InChI is InChI=1S/C14H19FN4OS/c1-3-7-19-12(8-16)17-18-14(19)21-9-10-5-4-6-11(20-2)13(10)15/h4-6H,3,7-9,16H2,1-2H3. The van der Waals surface area contributed by atoms with Crippen LogP contribution in [0.15, 0.2) is 23.4 Å².